The molecule has 0 aliphatic heterocycles. The van der Waals surface area contributed by atoms with Crippen LogP contribution in [-0.4, -0.2) is 22.0 Å². The Morgan fingerprint density at radius 3 is 2.84 bits per heavy atom. The van der Waals surface area contributed by atoms with E-state index in [1.165, 1.54) is 0 Å². The molecule has 0 unspecified atom stereocenters. The molecule has 0 saturated heterocycles. The number of hydrogen-bond donors (Lipinski definition) is 3. The second kappa shape index (κ2) is 5.38. The first-order chi connectivity index (χ1) is 9.04. The molecular formula is C12H12N2O5. The first kappa shape index (κ1) is 12.9. The van der Waals surface area contributed by atoms with Crippen molar-refractivity contribution >= 4 is 23.0 Å². The number of carboxylic acid groups (broad SMARTS) is 1. The monoisotopic (exact) mass is 264 g/mol. The molecule has 0 radical (unpaired) electrons. The summed E-state index contributed by atoms with van der Waals surface area (Å²) in [5.41, 5.74) is 1.79. The minimum atomic E-state index is -1.01. The van der Waals surface area contributed by atoms with Gasteiger partial charge in [-0.1, -0.05) is 6.07 Å². The number of carbonyl (C=O) groups excluding carboxylic acids is 1. The van der Waals surface area contributed by atoms with Crippen molar-refractivity contribution in [3.05, 3.63) is 34.3 Å². The van der Waals surface area contributed by atoms with E-state index in [0.29, 0.717) is 11.1 Å². The van der Waals surface area contributed by atoms with Gasteiger partial charge in [-0.05, 0) is 17.7 Å². The van der Waals surface area contributed by atoms with Crippen molar-refractivity contribution in [2.75, 3.05) is 0 Å². The van der Waals surface area contributed by atoms with E-state index < -0.39 is 11.7 Å². The smallest absolute Gasteiger partial charge is 0.417 e. The Labute approximate surface area is 107 Å². The zero-order valence-corrected chi connectivity index (χ0v) is 9.93. The molecule has 2 rings (SSSR count). The number of rotatable bonds is 5. The van der Waals surface area contributed by atoms with Crippen LogP contribution in [0.3, 0.4) is 0 Å². The Morgan fingerprint density at radius 2 is 2.11 bits per heavy atom. The molecule has 100 valence electrons. The number of nitrogens with one attached hydrogen (secondary N) is 2. The van der Waals surface area contributed by atoms with E-state index in [2.05, 4.69) is 10.3 Å². The number of hydrogen-bond acceptors (Lipinski definition) is 4. The van der Waals surface area contributed by atoms with Crippen LogP contribution in [0.15, 0.2) is 27.4 Å². The number of H-pyrrole nitrogens is 1. The summed E-state index contributed by atoms with van der Waals surface area (Å²) in [7, 11) is 0. The number of aromatic amines is 1. The molecule has 1 aromatic heterocycles. The number of fused-ring (bicyclic) bond motifs is 1. The Balaban J connectivity index is 1.95. The number of carbonyl (C=O) groups is 2. The van der Waals surface area contributed by atoms with Crippen molar-refractivity contribution in [1.82, 2.24) is 10.3 Å². The molecule has 7 heteroatoms. The first-order valence-electron chi connectivity index (χ1n) is 5.65. The van der Waals surface area contributed by atoms with E-state index in [1.54, 1.807) is 18.2 Å². The van der Waals surface area contributed by atoms with Crippen molar-refractivity contribution in [3.8, 4) is 0 Å². The molecule has 0 fully saturated rings. The first-order valence-corrected chi connectivity index (χ1v) is 5.65. The van der Waals surface area contributed by atoms with Crippen LogP contribution < -0.4 is 11.1 Å². The predicted molar refractivity (Wildman–Crippen MR) is 65.6 cm³/mol. The van der Waals surface area contributed by atoms with Crippen LogP contribution in [0.2, 0.25) is 0 Å². The van der Waals surface area contributed by atoms with Crippen molar-refractivity contribution in [2.45, 2.75) is 19.4 Å². The molecule has 0 spiro atoms. The highest BCUT2D eigenvalue weighted by Crippen LogP contribution is 2.11. The van der Waals surface area contributed by atoms with E-state index in [9.17, 15) is 14.4 Å². The molecule has 3 N–H and O–H groups in total. The minimum Gasteiger partial charge on any atom is -0.481 e. The maximum Gasteiger partial charge on any atom is 0.417 e. The van der Waals surface area contributed by atoms with Crippen molar-refractivity contribution in [2.24, 2.45) is 0 Å². The fourth-order valence-electron chi connectivity index (χ4n) is 1.62. The third-order valence-electron chi connectivity index (χ3n) is 2.54. The Morgan fingerprint density at radius 1 is 1.32 bits per heavy atom. The second-order valence-electron chi connectivity index (χ2n) is 4.02. The summed E-state index contributed by atoms with van der Waals surface area (Å²) in [6.45, 7) is 0.265. The summed E-state index contributed by atoms with van der Waals surface area (Å²) in [5.74, 6) is -1.87. The molecule has 0 aliphatic rings. The van der Waals surface area contributed by atoms with E-state index in [0.717, 1.165) is 5.56 Å². The highest BCUT2D eigenvalue weighted by molar-refractivity contribution is 5.80. The summed E-state index contributed by atoms with van der Waals surface area (Å²) in [5, 5.41) is 11.0. The lowest BCUT2D eigenvalue weighted by molar-refractivity contribution is -0.138. The van der Waals surface area contributed by atoms with Gasteiger partial charge >= 0.3 is 11.7 Å². The van der Waals surface area contributed by atoms with Crippen LogP contribution in [0, 0.1) is 0 Å². The molecule has 0 bridgehead atoms. The van der Waals surface area contributed by atoms with Gasteiger partial charge in [-0.3, -0.25) is 14.6 Å². The summed E-state index contributed by atoms with van der Waals surface area (Å²) in [6, 6.07) is 5.04. The van der Waals surface area contributed by atoms with Crippen molar-refractivity contribution < 1.29 is 19.1 Å². The molecule has 1 aromatic carbocycles. The van der Waals surface area contributed by atoms with Gasteiger partial charge < -0.3 is 14.8 Å². The van der Waals surface area contributed by atoms with Crippen molar-refractivity contribution in [1.29, 1.82) is 0 Å². The van der Waals surface area contributed by atoms with Gasteiger partial charge in [0.15, 0.2) is 5.58 Å². The highest BCUT2D eigenvalue weighted by Gasteiger charge is 2.06. The average molecular weight is 264 g/mol. The van der Waals surface area contributed by atoms with E-state index in [1.807, 2.05) is 0 Å². The zero-order valence-electron chi connectivity index (χ0n) is 9.93. The Bertz CT molecular complexity index is 670. The van der Waals surface area contributed by atoms with Gasteiger partial charge in [0.05, 0.1) is 11.9 Å². The summed E-state index contributed by atoms with van der Waals surface area (Å²) in [6.07, 6.45) is -0.250. The van der Waals surface area contributed by atoms with Gasteiger partial charge in [0.25, 0.3) is 0 Å². The van der Waals surface area contributed by atoms with Gasteiger partial charge in [-0.2, -0.15) is 0 Å². The number of amides is 1. The largest absolute Gasteiger partial charge is 0.481 e. The van der Waals surface area contributed by atoms with Crippen LogP contribution in [0.1, 0.15) is 18.4 Å². The fraction of sp³-hybridized carbons (Fsp3) is 0.250. The molecular weight excluding hydrogens is 252 g/mol. The molecule has 0 saturated carbocycles. The zero-order chi connectivity index (χ0) is 13.8. The Kier molecular flexibility index (Phi) is 3.65. The van der Waals surface area contributed by atoms with Gasteiger partial charge in [-0.25, -0.2) is 4.79 Å². The summed E-state index contributed by atoms with van der Waals surface area (Å²) < 4.78 is 4.85. The fourth-order valence-corrected chi connectivity index (χ4v) is 1.62. The number of benzene rings is 1. The highest BCUT2D eigenvalue weighted by atomic mass is 16.4. The van der Waals surface area contributed by atoms with Gasteiger partial charge in [0.2, 0.25) is 5.91 Å². The maximum absolute atomic E-state index is 11.3. The average Bonchev–Trinajstić information content (AvgIpc) is 2.73. The van der Waals surface area contributed by atoms with Crippen LogP contribution in [-0.2, 0) is 16.1 Å². The summed E-state index contributed by atoms with van der Waals surface area (Å²) in [4.78, 5) is 35.1. The molecule has 19 heavy (non-hydrogen) atoms. The van der Waals surface area contributed by atoms with Crippen LogP contribution in [0.5, 0.6) is 0 Å². The SMILES string of the molecule is O=C(O)CCC(=O)NCc1ccc2oc(=O)[nH]c2c1. The molecule has 0 atom stereocenters. The van der Waals surface area contributed by atoms with Crippen molar-refractivity contribution in [3.63, 3.8) is 0 Å². The lowest BCUT2D eigenvalue weighted by Gasteiger charge is -2.04. The standard InChI is InChI=1S/C12H12N2O5/c15-10(3-4-11(16)17)13-6-7-1-2-9-8(5-7)14-12(18)19-9/h1-2,5H,3-4,6H2,(H,13,15)(H,14,18)(H,16,17). The predicted octanol–water partition coefficient (Wildman–Crippen LogP) is 0.602. The lowest BCUT2D eigenvalue weighted by atomic mass is 10.2. The van der Waals surface area contributed by atoms with Gasteiger partial charge in [-0.15, -0.1) is 0 Å². The molecule has 2 aromatic rings. The number of carboxylic acids is 1. The third kappa shape index (κ3) is 3.44. The molecule has 1 amide bonds. The molecule has 0 aliphatic carbocycles. The number of aliphatic carboxylic acids is 1. The second-order valence-corrected chi connectivity index (χ2v) is 4.02. The molecule has 1 heterocycles. The molecule has 7 nitrogen and oxygen atoms in total. The van der Waals surface area contributed by atoms with Gasteiger partial charge in [0.1, 0.15) is 0 Å². The van der Waals surface area contributed by atoms with E-state index in [-0.39, 0.29) is 25.3 Å². The third-order valence-corrected chi connectivity index (χ3v) is 2.54. The van der Waals surface area contributed by atoms with Crippen LogP contribution in [0.4, 0.5) is 0 Å². The summed E-state index contributed by atoms with van der Waals surface area (Å²) >= 11 is 0. The lowest BCUT2D eigenvalue weighted by Crippen LogP contribution is -2.23. The maximum atomic E-state index is 11.3. The van der Waals surface area contributed by atoms with E-state index >= 15 is 0 Å². The number of aromatic nitrogens is 1. The van der Waals surface area contributed by atoms with E-state index in [4.69, 9.17) is 9.52 Å². The van der Waals surface area contributed by atoms with Crippen LogP contribution >= 0.6 is 0 Å². The Hall–Kier alpha value is -2.57. The minimum absolute atomic E-state index is 0.0554. The topological polar surface area (TPSA) is 112 Å². The number of oxazole rings is 1. The normalized spacial score (nSPS) is 10.5. The van der Waals surface area contributed by atoms with Gasteiger partial charge in [0, 0.05) is 13.0 Å². The quantitative estimate of drug-likeness (QED) is 0.732. The van der Waals surface area contributed by atoms with Crippen LogP contribution in [0.25, 0.3) is 11.1 Å².